The molecule has 3 N–H and O–H groups in total. The summed E-state index contributed by atoms with van der Waals surface area (Å²) in [5.74, 6) is 0.179. The first kappa shape index (κ1) is 22.0. The van der Waals surface area contributed by atoms with Gasteiger partial charge in [-0.15, -0.1) is 11.3 Å². The molecule has 2 amide bonds. The topological polar surface area (TPSA) is 97.3 Å². The molecule has 1 aromatic carbocycles. The zero-order valence-electron chi connectivity index (χ0n) is 17.7. The number of halogens is 1. The SMILES string of the molecule is CC(C)C1CC(=O)NC(n2nc(-c3cccs3)cc2NC(=O)COc2ccc(F)cc2)N1. The second kappa shape index (κ2) is 9.49. The largest absolute Gasteiger partial charge is 0.484 e. The maximum atomic E-state index is 13.0. The van der Waals surface area contributed by atoms with Crippen molar-refractivity contribution in [1.29, 1.82) is 0 Å². The van der Waals surface area contributed by atoms with E-state index < -0.39 is 12.2 Å². The van der Waals surface area contributed by atoms with E-state index in [-0.39, 0.29) is 30.3 Å². The van der Waals surface area contributed by atoms with Gasteiger partial charge in [0.15, 0.2) is 12.9 Å². The van der Waals surface area contributed by atoms with E-state index in [9.17, 15) is 14.0 Å². The molecule has 0 saturated carbocycles. The number of aromatic nitrogens is 2. The molecule has 2 atom stereocenters. The van der Waals surface area contributed by atoms with Crippen molar-refractivity contribution in [2.45, 2.75) is 32.6 Å². The third-order valence-corrected chi connectivity index (χ3v) is 5.98. The summed E-state index contributed by atoms with van der Waals surface area (Å²) >= 11 is 1.53. The van der Waals surface area contributed by atoms with Crippen molar-refractivity contribution in [2.24, 2.45) is 5.92 Å². The van der Waals surface area contributed by atoms with Gasteiger partial charge < -0.3 is 15.4 Å². The third-order valence-electron chi connectivity index (χ3n) is 5.08. The Morgan fingerprint density at radius 3 is 2.81 bits per heavy atom. The van der Waals surface area contributed by atoms with Crippen LogP contribution < -0.4 is 20.7 Å². The molecule has 32 heavy (non-hydrogen) atoms. The van der Waals surface area contributed by atoms with E-state index in [1.807, 2.05) is 31.4 Å². The van der Waals surface area contributed by atoms with Gasteiger partial charge in [-0.05, 0) is 41.6 Å². The lowest BCUT2D eigenvalue weighted by Crippen LogP contribution is -2.55. The normalized spacial score (nSPS) is 18.4. The first-order chi connectivity index (χ1) is 15.4. The predicted octanol–water partition coefficient (Wildman–Crippen LogP) is 3.36. The Morgan fingerprint density at radius 1 is 1.34 bits per heavy atom. The molecular weight excluding hydrogens is 433 g/mol. The molecule has 0 aliphatic carbocycles. The summed E-state index contributed by atoms with van der Waals surface area (Å²) in [4.78, 5) is 25.8. The number of nitrogens with one attached hydrogen (secondary N) is 3. The highest BCUT2D eigenvalue weighted by Gasteiger charge is 2.31. The number of hydrogen-bond donors (Lipinski definition) is 3. The molecule has 2 aromatic heterocycles. The number of anilines is 1. The highest BCUT2D eigenvalue weighted by Crippen LogP contribution is 2.28. The van der Waals surface area contributed by atoms with Gasteiger partial charge in [-0.1, -0.05) is 19.9 Å². The van der Waals surface area contributed by atoms with Gasteiger partial charge in [0.1, 0.15) is 23.1 Å². The van der Waals surface area contributed by atoms with Crippen LogP contribution in [-0.2, 0) is 9.59 Å². The zero-order chi connectivity index (χ0) is 22.7. The Morgan fingerprint density at radius 2 is 2.12 bits per heavy atom. The number of rotatable bonds is 7. The van der Waals surface area contributed by atoms with Crippen molar-refractivity contribution in [2.75, 3.05) is 11.9 Å². The van der Waals surface area contributed by atoms with Gasteiger partial charge in [0.25, 0.3) is 5.91 Å². The van der Waals surface area contributed by atoms with Gasteiger partial charge in [0.2, 0.25) is 5.91 Å². The van der Waals surface area contributed by atoms with Crippen molar-refractivity contribution in [1.82, 2.24) is 20.4 Å². The molecule has 4 rings (SSSR count). The van der Waals surface area contributed by atoms with Crippen LogP contribution in [0.4, 0.5) is 10.2 Å². The smallest absolute Gasteiger partial charge is 0.263 e. The van der Waals surface area contributed by atoms with Crippen LogP contribution in [-0.4, -0.2) is 34.2 Å². The van der Waals surface area contributed by atoms with Crippen LogP contribution in [0.5, 0.6) is 5.75 Å². The van der Waals surface area contributed by atoms with Crippen molar-refractivity contribution in [3.63, 3.8) is 0 Å². The summed E-state index contributed by atoms with van der Waals surface area (Å²) in [5.41, 5.74) is 0.678. The van der Waals surface area contributed by atoms with Gasteiger partial charge in [0.05, 0.1) is 4.88 Å². The number of carbonyl (C=O) groups is 2. The van der Waals surface area contributed by atoms with Crippen LogP contribution in [0, 0.1) is 11.7 Å². The molecule has 0 radical (unpaired) electrons. The van der Waals surface area contributed by atoms with E-state index in [0.29, 0.717) is 23.7 Å². The van der Waals surface area contributed by atoms with Gasteiger partial charge in [0, 0.05) is 18.5 Å². The first-order valence-corrected chi connectivity index (χ1v) is 11.1. The summed E-state index contributed by atoms with van der Waals surface area (Å²) in [6, 6.07) is 11.0. The van der Waals surface area contributed by atoms with Crippen LogP contribution in [0.2, 0.25) is 0 Å². The van der Waals surface area contributed by atoms with Crippen LogP contribution in [0.15, 0.2) is 47.8 Å². The summed E-state index contributed by atoms with van der Waals surface area (Å²) in [6.45, 7) is 3.83. The molecule has 10 heteroatoms. The quantitative estimate of drug-likeness (QED) is 0.506. The Labute approximate surface area is 188 Å². The van der Waals surface area contributed by atoms with Gasteiger partial charge >= 0.3 is 0 Å². The minimum Gasteiger partial charge on any atom is -0.484 e. The second-order valence-corrected chi connectivity index (χ2v) is 8.77. The molecule has 1 saturated heterocycles. The summed E-state index contributed by atoms with van der Waals surface area (Å²) < 4.78 is 20.0. The molecule has 1 aliphatic rings. The molecule has 1 fully saturated rings. The van der Waals surface area contributed by atoms with Crippen molar-refractivity contribution in [3.05, 3.63) is 53.7 Å². The summed E-state index contributed by atoms with van der Waals surface area (Å²) in [5, 5.41) is 15.7. The number of hydrogen-bond acceptors (Lipinski definition) is 6. The lowest BCUT2D eigenvalue weighted by Gasteiger charge is -2.34. The standard InChI is InChI=1S/C22H24FN5O3S/c1-13(2)16-11-20(29)26-22(24-16)28-19(10-17(27-28)18-4-3-9-32-18)25-21(30)12-31-15-7-5-14(23)6-8-15/h3-10,13,16,22,24H,11-12H2,1-2H3,(H,25,30)(H,26,29). The highest BCUT2D eigenvalue weighted by molar-refractivity contribution is 7.13. The Balaban J connectivity index is 1.54. The lowest BCUT2D eigenvalue weighted by molar-refractivity contribution is -0.126. The monoisotopic (exact) mass is 457 g/mol. The maximum absolute atomic E-state index is 13.0. The maximum Gasteiger partial charge on any atom is 0.263 e. The van der Waals surface area contributed by atoms with Crippen LogP contribution >= 0.6 is 11.3 Å². The van der Waals surface area contributed by atoms with Crippen molar-refractivity contribution in [3.8, 4) is 16.3 Å². The molecule has 8 nitrogen and oxygen atoms in total. The third kappa shape index (κ3) is 5.14. The highest BCUT2D eigenvalue weighted by atomic mass is 32.1. The van der Waals surface area contributed by atoms with Gasteiger partial charge in [-0.3, -0.25) is 14.9 Å². The number of nitrogens with zero attached hydrogens (tertiary/aromatic N) is 2. The number of thiophene rings is 1. The summed E-state index contributed by atoms with van der Waals surface area (Å²) in [6.07, 6.45) is -0.230. The van der Waals surface area contributed by atoms with E-state index in [0.717, 1.165) is 4.88 Å². The fourth-order valence-electron chi connectivity index (χ4n) is 3.36. The van der Waals surface area contributed by atoms with E-state index in [1.54, 1.807) is 10.7 Å². The number of ether oxygens (including phenoxy) is 1. The van der Waals surface area contributed by atoms with E-state index >= 15 is 0 Å². The minimum absolute atomic E-state index is 0.0199. The number of carbonyl (C=O) groups excluding carboxylic acids is 2. The van der Waals surface area contributed by atoms with Crippen molar-refractivity contribution < 1.29 is 18.7 Å². The fourth-order valence-corrected chi connectivity index (χ4v) is 4.04. The molecule has 1 aliphatic heterocycles. The Hall–Kier alpha value is -3.24. The Bertz CT molecular complexity index is 1080. The minimum atomic E-state index is -0.606. The molecule has 3 aromatic rings. The first-order valence-electron chi connectivity index (χ1n) is 10.3. The second-order valence-electron chi connectivity index (χ2n) is 7.82. The zero-order valence-corrected chi connectivity index (χ0v) is 18.5. The molecule has 168 valence electrons. The van der Waals surface area contributed by atoms with Crippen LogP contribution in [0.1, 0.15) is 26.6 Å². The van der Waals surface area contributed by atoms with E-state index in [4.69, 9.17) is 4.74 Å². The molecule has 3 heterocycles. The number of benzene rings is 1. The predicted molar refractivity (Wildman–Crippen MR) is 120 cm³/mol. The Kier molecular flexibility index (Phi) is 6.52. The summed E-state index contributed by atoms with van der Waals surface area (Å²) in [7, 11) is 0. The van der Waals surface area contributed by atoms with Crippen LogP contribution in [0.25, 0.3) is 10.6 Å². The molecule has 0 spiro atoms. The van der Waals surface area contributed by atoms with Gasteiger partial charge in [-0.25, -0.2) is 9.07 Å². The van der Waals surface area contributed by atoms with E-state index in [1.165, 1.54) is 35.6 Å². The lowest BCUT2D eigenvalue weighted by atomic mass is 9.99. The molecular formula is C22H24FN5O3S. The van der Waals surface area contributed by atoms with Crippen molar-refractivity contribution >= 4 is 29.0 Å². The number of amides is 2. The average molecular weight is 458 g/mol. The molecule has 0 bridgehead atoms. The van der Waals surface area contributed by atoms with Gasteiger partial charge in [-0.2, -0.15) is 5.10 Å². The fraction of sp³-hybridized carbons (Fsp3) is 0.318. The van der Waals surface area contributed by atoms with Crippen LogP contribution in [0.3, 0.4) is 0 Å². The van der Waals surface area contributed by atoms with E-state index in [2.05, 4.69) is 21.0 Å². The average Bonchev–Trinajstić information content (AvgIpc) is 3.43. The molecule has 2 unspecified atom stereocenters.